The van der Waals surface area contributed by atoms with E-state index in [0.717, 1.165) is 106 Å². The van der Waals surface area contributed by atoms with Gasteiger partial charge < -0.3 is 46.0 Å². The molecular formula is C89H88Br4N22O12S4. The fourth-order valence-corrected chi connectivity index (χ4v) is 19.5. The number of rotatable bonds is 29. The van der Waals surface area contributed by atoms with Crippen molar-refractivity contribution >= 4 is 178 Å². The predicted octanol–water partition coefficient (Wildman–Crippen LogP) is 14.2. The number of methoxy groups -OCH3 is 1. The van der Waals surface area contributed by atoms with Crippen LogP contribution in [0, 0.1) is 0 Å². The number of anilines is 8. The van der Waals surface area contributed by atoms with Crippen LogP contribution in [0.15, 0.2) is 305 Å². The van der Waals surface area contributed by atoms with Crippen molar-refractivity contribution in [3.8, 4) is 45.0 Å². The molecule has 1 aliphatic rings. The molecule has 0 radical (unpaired) electrons. The topological polar surface area (TPSA) is 418 Å². The van der Waals surface area contributed by atoms with Gasteiger partial charge in [0.2, 0.25) is 40.1 Å². The van der Waals surface area contributed by atoms with Gasteiger partial charge in [-0.05, 0) is 202 Å². The second kappa shape index (κ2) is 42.2. The van der Waals surface area contributed by atoms with Gasteiger partial charge in [0.25, 0.3) is 0 Å². The molecule has 0 saturated carbocycles. The van der Waals surface area contributed by atoms with Crippen molar-refractivity contribution in [3.63, 3.8) is 0 Å². The lowest BCUT2D eigenvalue weighted by Gasteiger charge is -2.31. The van der Waals surface area contributed by atoms with Gasteiger partial charge in [-0.15, -0.1) is 0 Å². The summed E-state index contributed by atoms with van der Waals surface area (Å²) in [4.78, 5) is 34.7. The summed E-state index contributed by atoms with van der Waals surface area (Å²) in [5.74, 6) is 2.06. The summed E-state index contributed by atoms with van der Waals surface area (Å²) in [6.45, 7) is 3.60. The Labute approximate surface area is 789 Å². The molecule has 9 N–H and O–H groups in total. The van der Waals surface area contributed by atoms with Crippen LogP contribution in [0.2, 0.25) is 0 Å². The van der Waals surface area contributed by atoms with E-state index in [1.165, 1.54) is 38.3 Å². The molecule has 8 aromatic heterocycles. The van der Waals surface area contributed by atoms with Crippen LogP contribution in [-0.2, 0) is 49.6 Å². The van der Waals surface area contributed by atoms with E-state index < -0.39 is 71.4 Å². The molecule has 0 atom stereocenters. The molecule has 0 unspecified atom stereocenters. The minimum Gasteiger partial charge on any atom is -0.468 e. The zero-order chi connectivity index (χ0) is 92.8. The number of nitrogens with one attached hydrogen (secondary N) is 7. The molecule has 34 nitrogen and oxygen atoms in total. The van der Waals surface area contributed by atoms with Crippen LogP contribution in [0.1, 0.15) is 13.3 Å². The fraction of sp³-hybridized carbons (Fsp3) is 0.180. The van der Waals surface area contributed by atoms with Crippen molar-refractivity contribution in [1.82, 2.24) is 86.7 Å². The standard InChI is InChI=1S/C23H23BrN6O2S.C23H25BrN6O2S.C22H22BrN5O4S.C21H18BrN5O4S/c1-28-11-13-29(14-12-28)33(31,32)19-9-7-18(8-10-19)26-22-15-21(17-5-3-2-4-6-17)27-23-20(24)16-25-30(22)23;1-29(2)14-6-13-26-33(31,32)19-11-9-18(10-12-19)27-22-15-21(17-7-4-3-5-8-17)28-23-20(24)16-25-30(22)23;1-22(13-29,14-30)27-33(31,32)17-9-7-16(8-10-17)25-20-11-19(15-5-3-2-4-6-15)26-21-18(23)12-24-28(20)21;1-31-20(28)13-24-32(29,30)16-9-7-15(8-10-16)25-19-11-18(14-5-3-2-4-6-14)26-21-17(22)12-23-27(19)21/h2-10,15-16,26H,11-14H2,1H3;3-5,7-12,15-16,26-27H,6,13-14H2,1-2H3;2-12,25,27,29-30H,13-14H2,1H3;2-12,24-25H,13H2,1H3. The number of hydrogen-bond donors (Lipinski definition) is 9. The van der Waals surface area contributed by atoms with Crippen LogP contribution in [0.25, 0.3) is 67.6 Å². The van der Waals surface area contributed by atoms with Gasteiger partial charge in [-0.2, -0.15) is 47.5 Å². The number of aliphatic hydroxyl groups excluding tert-OH is 2. The van der Waals surface area contributed by atoms with Crippen molar-refractivity contribution in [2.24, 2.45) is 0 Å². The van der Waals surface area contributed by atoms with E-state index in [4.69, 9.17) is 9.97 Å². The van der Waals surface area contributed by atoms with E-state index in [-0.39, 0.29) is 14.7 Å². The van der Waals surface area contributed by atoms with Crippen LogP contribution in [0.3, 0.4) is 0 Å². The van der Waals surface area contributed by atoms with E-state index in [0.29, 0.717) is 75.9 Å². The largest absolute Gasteiger partial charge is 0.468 e. The van der Waals surface area contributed by atoms with E-state index in [1.807, 2.05) is 172 Å². The third-order valence-electron chi connectivity index (χ3n) is 20.3. The quantitative estimate of drug-likeness (QED) is 0.0155. The highest BCUT2D eigenvalue weighted by atomic mass is 79.9. The number of sulfonamides is 4. The summed E-state index contributed by atoms with van der Waals surface area (Å²) in [6, 6.07) is 72.6. The first kappa shape index (κ1) is 95.4. The molecule has 1 aliphatic heterocycles. The third kappa shape index (κ3) is 23.6. The first-order valence-electron chi connectivity index (χ1n) is 40.4. The number of fused-ring (bicyclic) bond motifs is 4. The summed E-state index contributed by atoms with van der Waals surface area (Å²) < 4.78 is 124. The minimum absolute atomic E-state index is 0.00728. The summed E-state index contributed by atoms with van der Waals surface area (Å²) in [7, 11) is -7.72. The van der Waals surface area contributed by atoms with Crippen molar-refractivity contribution in [1.29, 1.82) is 0 Å². The van der Waals surface area contributed by atoms with Crippen LogP contribution in [-0.4, -0.2) is 215 Å². The number of nitrogens with zero attached hydrogens (tertiary/aromatic N) is 15. The normalized spacial score (nSPS) is 12.8. The Hall–Kier alpha value is -11.7. The number of hydrogen-bond acceptors (Lipinski definition) is 26. The van der Waals surface area contributed by atoms with Gasteiger partial charge >= 0.3 is 5.97 Å². The van der Waals surface area contributed by atoms with Crippen molar-refractivity contribution < 1.29 is 53.4 Å². The Balaban J connectivity index is 0.000000141. The molecule has 131 heavy (non-hydrogen) atoms. The number of esters is 1. The van der Waals surface area contributed by atoms with Gasteiger partial charge in [-0.25, -0.2) is 63.1 Å². The van der Waals surface area contributed by atoms with E-state index in [1.54, 1.807) is 120 Å². The number of carbonyl (C=O) groups excluding carboxylic acids is 1. The molecule has 1 saturated heterocycles. The van der Waals surface area contributed by atoms with Crippen molar-refractivity contribution in [2.45, 2.75) is 38.5 Å². The van der Waals surface area contributed by atoms with E-state index in [2.05, 4.69) is 139 Å². The molecule has 678 valence electrons. The van der Waals surface area contributed by atoms with Crippen LogP contribution >= 0.6 is 63.7 Å². The third-order valence-corrected chi connectivity index (χ3v) is 29.0. The molecule has 0 amide bonds. The molecule has 16 aromatic rings. The average molecular weight is 2110 g/mol. The molecule has 0 bridgehead atoms. The maximum Gasteiger partial charge on any atom is 0.320 e. The van der Waals surface area contributed by atoms with Gasteiger partial charge in [-0.1, -0.05) is 121 Å². The van der Waals surface area contributed by atoms with Crippen molar-refractivity contribution in [3.05, 3.63) is 285 Å². The lowest BCUT2D eigenvalue weighted by Crippen LogP contribution is -2.51. The summed E-state index contributed by atoms with van der Waals surface area (Å²) in [5, 5.41) is 49.5. The number of piperazine rings is 1. The molecule has 17 rings (SSSR count). The molecule has 9 heterocycles. The second-order valence-corrected chi connectivity index (χ2v) is 40.8. The molecule has 42 heteroatoms. The Morgan fingerprint density at radius 2 is 0.710 bits per heavy atom. The number of aromatic nitrogens is 12. The smallest absolute Gasteiger partial charge is 0.320 e. The Morgan fingerprint density at radius 1 is 0.420 bits per heavy atom. The number of likely N-dealkylation sites (N-methyl/N-ethyl adjacent to an activating group) is 1. The summed E-state index contributed by atoms with van der Waals surface area (Å²) in [6.07, 6.45) is 7.45. The molecule has 0 aliphatic carbocycles. The summed E-state index contributed by atoms with van der Waals surface area (Å²) in [5.41, 5.74) is 11.0. The fourth-order valence-electron chi connectivity index (χ4n) is 13.3. The monoisotopic (exact) mass is 2100 g/mol. The maximum absolute atomic E-state index is 13.0. The highest BCUT2D eigenvalue weighted by Crippen LogP contribution is 2.35. The number of carbonyl (C=O) groups is 1. The summed E-state index contributed by atoms with van der Waals surface area (Å²) >= 11 is 14.0. The highest BCUT2D eigenvalue weighted by Gasteiger charge is 2.31. The highest BCUT2D eigenvalue weighted by molar-refractivity contribution is 9.11. The Bertz CT molecular complexity index is 7180. The Morgan fingerprint density at radius 3 is 1.00 bits per heavy atom. The van der Waals surface area contributed by atoms with Gasteiger partial charge in [0.1, 0.15) is 29.8 Å². The molecular weight excluding hydrogens is 2020 g/mol. The number of benzene rings is 8. The minimum atomic E-state index is -3.94. The van der Waals surface area contributed by atoms with Crippen molar-refractivity contribution in [2.75, 3.05) is 109 Å². The van der Waals surface area contributed by atoms with Crippen LogP contribution in [0.5, 0.6) is 0 Å². The van der Waals surface area contributed by atoms with Gasteiger partial charge in [0.05, 0.1) is 111 Å². The lowest BCUT2D eigenvalue weighted by molar-refractivity contribution is -0.139. The number of halogens is 4. The Kier molecular flexibility index (Phi) is 30.8. The van der Waals surface area contributed by atoms with Crippen LogP contribution < -0.4 is 35.4 Å². The molecule has 1 fully saturated rings. The van der Waals surface area contributed by atoms with Gasteiger partial charge in [0.15, 0.2) is 22.6 Å². The SMILES string of the molecule is CC(CO)(CO)NS(=O)(=O)c1ccc(Nc2cc(-c3ccccc3)nc3c(Br)cnn23)cc1.CN(C)CCCNS(=O)(=O)c1ccc(Nc2cc(-c3ccccc3)nc3c(Br)cnn23)cc1.CN1CCN(S(=O)(=O)c2ccc(Nc3cc(-c4ccccc4)nc4c(Br)cnn34)cc2)CC1.COC(=O)CNS(=O)(=O)c1ccc(Nc2cc(-c3ccccc3)nc3c(Br)cnn23)cc1. The lowest BCUT2D eigenvalue weighted by atomic mass is 10.1. The first-order chi connectivity index (χ1) is 62.9. The van der Waals surface area contributed by atoms with E-state index in [9.17, 15) is 48.7 Å². The predicted molar refractivity (Wildman–Crippen MR) is 518 cm³/mol. The van der Waals surface area contributed by atoms with Gasteiger partial charge in [0, 0.05) is 102 Å². The van der Waals surface area contributed by atoms with Gasteiger partial charge in [-0.3, -0.25) is 4.79 Å². The maximum atomic E-state index is 13.0. The molecule has 8 aromatic carbocycles. The number of ether oxygens (including phenoxy) is 1. The van der Waals surface area contributed by atoms with Crippen LogP contribution in [0.4, 0.5) is 46.0 Å². The van der Waals surface area contributed by atoms with E-state index >= 15 is 0 Å². The number of aliphatic hydroxyl groups is 2. The second-order valence-electron chi connectivity index (χ2n) is 30.2. The average Bonchev–Trinajstić information content (AvgIpc) is 1.76. The zero-order valence-corrected chi connectivity index (χ0v) is 80.4. The first-order valence-corrected chi connectivity index (χ1v) is 49.5. The zero-order valence-electron chi connectivity index (χ0n) is 70.8. The molecule has 0 spiro atoms.